The van der Waals surface area contributed by atoms with Gasteiger partial charge in [0.25, 0.3) is 0 Å². The van der Waals surface area contributed by atoms with Crippen molar-refractivity contribution in [3.05, 3.63) is 90.0 Å². The minimum absolute atomic E-state index is 0.00113. The van der Waals surface area contributed by atoms with Crippen LogP contribution in [0.5, 0.6) is 17.2 Å². The molecule has 0 saturated heterocycles. The quantitative estimate of drug-likeness (QED) is 0.299. The first-order valence-corrected chi connectivity index (χ1v) is 11.2. The van der Waals surface area contributed by atoms with Crippen LogP contribution >= 0.6 is 23.4 Å². The Bertz CT molecular complexity index is 965. The van der Waals surface area contributed by atoms with Crippen LogP contribution in [0.2, 0.25) is 0 Å². The van der Waals surface area contributed by atoms with Gasteiger partial charge in [0.05, 0.1) is 6.61 Å². The number of thioether (sulfide) groups is 1. The zero-order valence-corrected chi connectivity index (χ0v) is 18.4. The molecule has 164 valence electrons. The highest BCUT2D eigenvalue weighted by Crippen LogP contribution is 2.47. The number of alkyl halides is 4. The number of benzene rings is 3. The molecular weight excluding hydrogens is 445 g/mol. The van der Waals surface area contributed by atoms with Crippen LogP contribution in [0.25, 0.3) is 0 Å². The van der Waals surface area contributed by atoms with Gasteiger partial charge in [-0.15, -0.1) is 11.6 Å². The van der Waals surface area contributed by atoms with Crippen LogP contribution in [0.4, 0.5) is 13.2 Å². The highest BCUT2D eigenvalue weighted by molar-refractivity contribution is 7.98. The second-order valence-electron chi connectivity index (χ2n) is 6.81. The fourth-order valence-corrected chi connectivity index (χ4v) is 4.43. The maximum Gasteiger partial charge on any atom is 0.412 e. The normalized spacial score (nSPS) is 13.5. The molecule has 2 nitrogen and oxygen atoms in total. The van der Waals surface area contributed by atoms with Gasteiger partial charge in [-0.2, -0.15) is 24.9 Å². The van der Waals surface area contributed by atoms with Crippen LogP contribution in [0.1, 0.15) is 18.1 Å². The summed E-state index contributed by atoms with van der Waals surface area (Å²) in [6.45, 7) is 2.25. The van der Waals surface area contributed by atoms with E-state index < -0.39 is 11.1 Å². The Morgan fingerprint density at radius 1 is 0.839 bits per heavy atom. The fraction of sp³-hybridized carbons (Fsp3) is 0.250. The van der Waals surface area contributed by atoms with Crippen molar-refractivity contribution in [2.75, 3.05) is 12.4 Å². The van der Waals surface area contributed by atoms with Crippen molar-refractivity contribution in [2.45, 2.75) is 23.7 Å². The van der Waals surface area contributed by atoms with Gasteiger partial charge < -0.3 is 9.47 Å². The summed E-state index contributed by atoms with van der Waals surface area (Å²) in [5.41, 5.74) is 0.852. The van der Waals surface area contributed by atoms with E-state index in [0.29, 0.717) is 29.6 Å². The standard InChI is InChI=1S/C24H22ClF3O2S/c1-2-29-20-13-11-19(12-14-20)23(25,24(26,27)28)17-31-16-18-7-6-10-22(15-18)30-21-8-4-3-5-9-21/h3-15H,2,16-17H2,1H3. The van der Waals surface area contributed by atoms with Crippen molar-refractivity contribution >= 4 is 23.4 Å². The maximum atomic E-state index is 13.9. The molecular formula is C24H22ClF3O2S. The molecule has 0 fully saturated rings. The van der Waals surface area contributed by atoms with Gasteiger partial charge in [0.1, 0.15) is 17.2 Å². The van der Waals surface area contributed by atoms with E-state index in [4.69, 9.17) is 21.1 Å². The van der Waals surface area contributed by atoms with Crippen LogP contribution in [0.15, 0.2) is 78.9 Å². The molecule has 3 aromatic rings. The highest BCUT2D eigenvalue weighted by Gasteiger charge is 2.54. The zero-order valence-electron chi connectivity index (χ0n) is 16.9. The van der Waals surface area contributed by atoms with E-state index in [0.717, 1.165) is 17.3 Å². The summed E-state index contributed by atoms with van der Waals surface area (Å²) in [5.74, 6) is 1.88. The van der Waals surface area contributed by atoms with Gasteiger partial charge in [0, 0.05) is 11.5 Å². The van der Waals surface area contributed by atoms with Crippen molar-refractivity contribution in [3.8, 4) is 17.2 Å². The van der Waals surface area contributed by atoms with Crippen molar-refractivity contribution in [3.63, 3.8) is 0 Å². The predicted molar refractivity (Wildman–Crippen MR) is 120 cm³/mol. The van der Waals surface area contributed by atoms with E-state index in [1.807, 2.05) is 61.5 Å². The molecule has 3 rings (SSSR count). The Hall–Kier alpha value is -2.31. The molecule has 0 aliphatic heterocycles. The Balaban J connectivity index is 1.68. The lowest BCUT2D eigenvalue weighted by atomic mass is 9.99. The highest BCUT2D eigenvalue weighted by atomic mass is 35.5. The molecule has 1 unspecified atom stereocenters. The molecule has 0 bridgehead atoms. The van der Waals surface area contributed by atoms with Crippen molar-refractivity contribution in [2.24, 2.45) is 0 Å². The first-order valence-electron chi connectivity index (χ1n) is 9.70. The third-order valence-electron chi connectivity index (χ3n) is 4.52. The van der Waals surface area contributed by atoms with Crippen LogP contribution in [0.3, 0.4) is 0 Å². The Morgan fingerprint density at radius 2 is 1.52 bits per heavy atom. The average molecular weight is 467 g/mol. The second-order valence-corrected chi connectivity index (χ2v) is 8.44. The molecule has 1 atom stereocenters. The fourth-order valence-electron chi connectivity index (χ4n) is 2.94. The van der Waals surface area contributed by atoms with Gasteiger partial charge in [-0.25, -0.2) is 0 Å². The number of ether oxygens (including phenoxy) is 2. The number of hydrogen-bond acceptors (Lipinski definition) is 3. The smallest absolute Gasteiger partial charge is 0.412 e. The molecule has 0 aliphatic rings. The van der Waals surface area contributed by atoms with Crippen molar-refractivity contribution < 1.29 is 22.6 Å². The Labute approximate surface area is 189 Å². The molecule has 3 aromatic carbocycles. The van der Waals surface area contributed by atoms with Gasteiger partial charge >= 0.3 is 6.18 Å². The first kappa shape index (κ1) is 23.4. The number of halogens is 4. The minimum Gasteiger partial charge on any atom is -0.494 e. The molecule has 0 aliphatic carbocycles. The zero-order chi connectivity index (χ0) is 22.3. The third kappa shape index (κ3) is 6.11. The molecule has 0 N–H and O–H groups in total. The molecule has 0 spiro atoms. The second kappa shape index (κ2) is 10.3. The number of rotatable bonds is 9. The minimum atomic E-state index is -4.60. The number of para-hydroxylation sites is 1. The Kier molecular flexibility index (Phi) is 7.79. The summed E-state index contributed by atoms with van der Waals surface area (Å²) >= 11 is 7.29. The molecule has 0 saturated carbocycles. The molecule has 0 heterocycles. The van der Waals surface area contributed by atoms with E-state index in [2.05, 4.69) is 0 Å². The van der Waals surface area contributed by atoms with E-state index in [1.165, 1.54) is 24.3 Å². The Morgan fingerprint density at radius 3 is 2.16 bits per heavy atom. The summed E-state index contributed by atoms with van der Waals surface area (Å²) in [4.78, 5) is -2.49. The lowest BCUT2D eigenvalue weighted by Gasteiger charge is -2.30. The monoisotopic (exact) mass is 466 g/mol. The third-order valence-corrected chi connectivity index (χ3v) is 6.42. The summed E-state index contributed by atoms with van der Waals surface area (Å²) in [6.07, 6.45) is -4.60. The van der Waals surface area contributed by atoms with Crippen LogP contribution in [0, 0.1) is 0 Å². The van der Waals surface area contributed by atoms with E-state index >= 15 is 0 Å². The SMILES string of the molecule is CCOc1ccc(C(Cl)(CSCc2cccc(Oc3ccccc3)c2)C(F)(F)F)cc1. The summed E-state index contributed by atoms with van der Waals surface area (Å²) < 4.78 is 52.7. The lowest BCUT2D eigenvalue weighted by Crippen LogP contribution is -2.39. The molecule has 0 aromatic heterocycles. The predicted octanol–water partition coefficient (Wildman–Crippen LogP) is 7.81. The molecule has 0 amide bonds. The van der Waals surface area contributed by atoms with Crippen molar-refractivity contribution in [1.29, 1.82) is 0 Å². The van der Waals surface area contributed by atoms with E-state index in [-0.39, 0.29) is 11.3 Å². The molecule has 31 heavy (non-hydrogen) atoms. The summed E-state index contributed by atoms with van der Waals surface area (Å²) in [5, 5.41) is 0. The number of hydrogen-bond donors (Lipinski definition) is 0. The summed E-state index contributed by atoms with van der Waals surface area (Å²) in [6, 6.07) is 22.4. The lowest BCUT2D eigenvalue weighted by molar-refractivity contribution is -0.158. The maximum absolute atomic E-state index is 13.9. The van der Waals surface area contributed by atoms with Gasteiger partial charge in [-0.05, 0) is 54.4 Å². The molecule has 0 radical (unpaired) electrons. The van der Waals surface area contributed by atoms with Crippen LogP contribution in [-0.2, 0) is 10.6 Å². The molecule has 7 heteroatoms. The van der Waals surface area contributed by atoms with Crippen LogP contribution in [-0.4, -0.2) is 18.5 Å². The topological polar surface area (TPSA) is 18.5 Å². The van der Waals surface area contributed by atoms with Gasteiger partial charge in [0.15, 0.2) is 4.87 Å². The van der Waals surface area contributed by atoms with Gasteiger partial charge in [0.2, 0.25) is 0 Å². The van der Waals surface area contributed by atoms with Gasteiger partial charge in [-0.1, -0.05) is 42.5 Å². The first-order chi connectivity index (χ1) is 14.8. The van der Waals surface area contributed by atoms with E-state index in [9.17, 15) is 13.2 Å². The van der Waals surface area contributed by atoms with Gasteiger partial charge in [-0.3, -0.25) is 0 Å². The largest absolute Gasteiger partial charge is 0.494 e. The average Bonchev–Trinajstić information content (AvgIpc) is 2.75. The van der Waals surface area contributed by atoms with Crippen LogP contribution < -0.4 is 9.47 Å². The van der Waals surface area contributed by atoms with E-state index in [1.54, 1.807) is 0 Å². The summed E-state index contributed by atoms with van der Waals surface area (Å²) in [7, 11) is 0. The van der Waals surface area contributed by atoms with Crippen molar-refractivity contribution in [1.82, 2.24) is 0 Å².